The number of alkyl halides is 3. The lowest BCUT2D eigenvalue weighted by Gasteiger charge is -2.38. The summed E-state index contributed by atoms with van der Waals surface area (Å²) in [6.07, 6.45) is -8.36. The first-order valence-electron chi connectivity index (χ1n) is 10.5. The van der Waals surface area contributed by atoms with Gasteiger partial charge in [-0.2, -0.15) is 0 Å². The van der Waals surface area contributed by atoms with Gasteiger partial charge >= 0.3 is 18.7 Å². The number of benzene rings is 1. The third-order valence-corrected chi connectivity index (χ3v) is 4.84. The first-order chi connectivity index (χ1) is 16.6. The van der Waals surface area contributed by atoms with E-state index in [1.54, 1.807) is 13.8 Å². The van der Waals surface area contributed by atoms with Crippen molar-refractivity contribution in [3.8, 4) is 5.75 Å². The molecule has 0 fully saturated rings. The Kier molecular flexibility index (Phi) is 10.5. The highest BCUT2D eigenvalue weighted by Crippen LogP contribution is 2.42. The van der Waals surface area contributed by atoms with Crippen LogP contribution in [0, 0.1) is 0 Å². The minimum Gasteiger partial charge on any atom is -0.432 e. The Morgan fingerprint density at radius 1 is 0.971 bits per heavy atom. The molecule has 0 aromatic heterocycles. The summed E-state index contributed by atoms with van der Waals surface area (Å²) in [5.41, 5.74) is 0.285. The lowest BCUT2D eigenvalue weighted by atomic mass is 9.84. The molecule has 13 heteroatoms. The average Bonchev–Trinajstić information content (AvgIpc) is 2.77. The van der Waals surface area contributed by atoms with Gasteiger partial charge in [0.25, 0.3) is 0 Å². The number of carbonyl (C=O) groups is 2. The number of hydrogen-bond acceptors (Lipinski definition) is 10. The SMILES string of the molecule is COCCOC(=O)OC1=C(C)NC(C)C(OC(=O)OCCOC)C1c1ccccc1OC(F)(F)F. The molecular formula is C22H28F3NO9. The van der Waals surface area contributed by atoms with Crippen LogP contribution in [0.1, 0.15) is 25.3 Å². The number of hydrogen-bond donors (Lipinski definition) is 1. The fourth-order valence-electron chi connectivity index (χ4n) is 3.43. The highest BCUT2D eigenvalue weighted by molar-refractivity contribution is 5.63. The number of nitrogens with one attached hydrogen (secondary N) is 1. The normalized spacial score (nSPS) is 20.0. The largest absolute Gasteiger partial charge is 0.573 e. The highest BCUT2D eigenvalue weighted by atomic mass is 19.4. The average molecular weight is 507 g/mol. The summed E-state index contributed by atoms with van der Waals surface area (Å²) in [6.45, 7) is 3.20. The number of halogens is 3. The minimum atomic E-state index is -5.00. The van der Waals surface area contributed by atoms with E-state index in [0.29, 0.717) is 5.70 Å². The van der Waals surface area contributed by atoms with E-state index < -0.39 is 42.5 Å². The molecule has 3 unspecified atom stereocenters. The van der Waals surface area contributed by atoms with E-state index in [9.17, 15) is 22.8 Å². The number of methoxy groups -OCH3 is 2. The second-order valence-corrected chi connectivity index (χ2v) is 7.35. The molecule has 3 atom stereocenters. The first kappa shape index (κ1) is 28.1. The molecule has 1 aliphatic rings. The van der Waals surface area contributed by atoms with Gasteiger partial charge in [0.15, 0.2) is 0 Å². The van der Waals surface area contributed by atoms with Gasteiger partial charge < -0.3 is 38.5 Å². The van der Waals surface area contributed by atoms with Crippen LogP contribution in [0.4, 0.5) is 22.8 Å². The number of carbonyl (C=O) groups excluding carboxylic acids is 2. The molecule has 2 rings (SSSR count). The summed E-state index contributed by atoms with van der Waals surface area (Å²) in [4.78, 5) is 24.6. The lowest BCUT2D eigenvalue weighted by Crippen LogP contribution is -2.49. The van der Waals surface area contributed by atoms with E-state index in [1.807, 2.05) is 0 Å². The first-order valence-corrected chi connectivity index (χ1v) is 10.5. The predicted octanol–water partition coefficient (Wildman–Crippen LogP) is 3.86. The fourth-order valence-corrected chi connectivity index (χ4v) is 3.43. The topological polar surface area (TPSA) is 111 Å². The van der Waals surface area contributed by atoms with Crippen molar-refractivity contribution in [1.82, 2.24) is 5.32 Å². The van der Waals surface area contributed by atoms with Crippen LogP contribution in [0.3, 0.4) is 0 Å². The monoisotopic (exact) mass is 507 g/mol. The molecule has 196 valence electrons. The maximum Gasteiger partial charge on any atom is 0.573 e. The molecule has 0 radical (unpaired) electrons. The molecule has 1 N–H and O–H groups in total. The fraction of sp³-hybridized carbons (Fsp3) is 0.545. The minimum absolute atomic E-state index is 0.0353. The van der Waals surface area contributed by atoms with Gasteiger partial charge in [-0.1, -0.05) is 18.2 Å². The Hall–Kier alpha value is -3.19. The zero-order valence-corrected chi connectivity index (χ0v) is 19.7. The quantitative estimate of drug-likeness (QED) is 0.370. The van der Waals surface area contributed by atoms with Gasteiger partial charge in [-0.05, 0) is 19.9 Å². The van der Waals surface area contributed by atoms with E-state index in [4.69, 9.17) is 28.4 Å². The standard InChI is InChI=1S/C22H28F3NO9/c1-13-18(33-20(27)31-11-9-29-3)17(15-7-5-6-8-16(15)35-22(23,24)25)19(14(2)26-13)34-21(28)32-12-10-30-4/h5-8,13,17-18,26H,9-12H2,1-4H3. The zero-order chi connectivity index (χ0) is 26.0. The maximum atomic E-state index is 13.1. The summed E-state index contributed by atoms with van der Waals surface area (Å²) in [5, 5.41) is 2.99. The van der Waals surface area contributed by atoms with Crippen molar-refractivity contribution in [3.05, 3.63) is 41.3 Å². The van der Waals surface area contributed by atoms with Crippen LogP contribution in [0.15, 0.2) is 35.7 Å². The van der Waals surface area contributed by atoms with E-state index in [0.717, 1.165) is 6.07 Å². The van der Waals surface area contributed by atoms with Gasteiger partial charge in [0.1, 0.15) is 30.8 Å². The molecule has 35 heavy (non-hydrogen) atoms. The van der Waals surface area contributed by atoms with Crippen molar-refractivity contribution in [2.75, 3.05) is 40.6 Å². The molecule has 0 spiro atoms. The van der Waals surface area contributed by atoms with Crippen LogP contribution >= 0.6 is 0 Å². The van der Waals surface area contributed by atoms with Gasteiger partial charge in [0.05, 0.1) is 25.2 Å². The summed E-state index contributed by atoms with van der Waals surface area (Å²) >= 11 is 0. The molecule has 0 amide bonds. The maximum absolute atomic E-state index is 13.1. The number of rotatable bonds is 10. The van der Waals surface area contributed by atoms with Gasteiger partial charge in [-0.3, -0.25) is 0 Å². The zero-order valence-electron chi connectivity index (χ0n) is 19.7. The van der Waals surface area contributed by atoms with Gasteiger partial charge in [0.2, 0.25) is 0 Å². The van der Waals surface area contributed by atoms with E-state index >= 15 is 0 Å². The number of allylic oxidation sites excluding steroid dienone is 1. The Morgan fingerprint density at radius 3 is 2.17 bits per heavy atom. The Labute approximate surface area is 200 Å². The Bertz CT molecular complexity index is 891. The summed E-state index contributed by atoms with van der Waals surface area (Å²) in [7, 11) is 2.83. The molecule has 1 aromatic rings. The molecule has 1 aliphatic heterocycles. The smallest absolute Gasteiger partial charge is 0.432 e. The van der Waals surface area contributed by atoms with Crippen LogP contribution in [-0.4, -0.2) is 71.5 Å². The summed E-state index contributed by atoms with van der Waals surface area (Å²) in [5.74, 6) is -1.85. The second-order valence-electron chi connectivity index (χ2n) is 7.35. The van der Waals surface area contributed by atoms with Crippen LogP contribution in [0.5, 0.6) is 5.75 Å². The highest BCUT2D eigenvalue weighted by Gasteiger charge is 2.44. The van der Waals surface area contributed by atoms with Gasteiger partial charge in [-0.25, -0.2) is 9.59 Å². The third kappa shape index (κ3) is 8.51. The van der Waals surface area contributed by atoms with Crippen LogP contribution in [-0.2, 0) is 28.4 Å². The lowest BCUT2D eigenvalue weighted by molar-refractivity contribution is -0.275. The van der Waals surface area contributed by atoms with Crippen molar-refractivity contribution >= 4 is 12.3 Å². The molecule has 1 heterocycles. The van der Waals surface area contributed by atoms with E-state index in [-0.39, 0.29) is 37.8 Å². The molecule has 0 bridgehead atoms. The molecular weight excluding hydrogens is 479 g/mol. The molecule has 10 nitrogen and oxygen atoms in total. The van der Waals surface area contributed by atoms with Crippen LogP contribution in [0.2, 0.25) is 0 Å². The van der Waals surface area contributed by atoms with Crippen molar-refractivity contribution in [2.24, 2.45) is 0 Å². The summed E-state index contributed by atoms with van der Waals surface area (Å²) in [6, 6.07) is 4.66. The van der Waals surface area contributed by atoms with Crippen LogP contribution in [0.25, 0.3) is 0 Å². The molecule has 0 saturated heterocycles. The molecule has 0 saturated carbocycles. The van der Waals surface area contributed by atoms with Crippen molar-refractivity contribution < 1.29 is 55.9 Å². The molecule has 1 aromatic carbocycles. The van der Waals surface area contributed by atoms with Gasteiger partial charge in [-0.15, -0.1) is 13.2 Å². The van der Waals surface area contributed by atoms with E-state index in [1.165, 1.54) is 32.4 Å². The summed E-state index contributed by atoms with van der Waals surface area (Å²) < 4.78 is 73.9. The third-order valence-electron chi connectivity index (χ3n) is 4.84. The van der Waals surface area contributed by atoms with Crippen molar-refractivity contribution in [1.29, 1.82) is 0 Å². The Balaban J connectivity index is 2.46. The van der Waals surface area contributed by atoms with Crippen LogP contribution < -0.4 is 10.1 Å². The number of para-hydroxylation sites is 1. The predicted molar refractivity (Wildman–Crippen MR) is 114 cm³/mol. The Morgan fingerprint density at radius 2 is 1.57 bits per heavy atom. The number of ether oxygens (including phenoxy) is 7. The van der Waals surface area contributed by atoms with E-state index in [2.05, 4.69) is 10.1 Å². The second kappa shape index (κ2) is 13.0. The van der Waals surface area contributed by atoms with Gasteiger partial charge in [0, 0.05) is 25.5 Å². The molecule has 0 aliphatic carbocycles. The van der Waals surface area contributed by atoms with Crippen molar-refractivity contribution in [3.63, 3.8) is 0 Å². The van der Waals surface area contributed by atoms with Crippen molar-refractivity contribution in [2.45, 2.75) is 38.3 Å².